The molecule has 2 heterocycles. The summed E-state index contributed by atoms with van der Waals surface area (Å²) >= 11 is 0. The second kappa shape index (κ2) is 12.6. The minimum atomic E-state index is -3.82. The van der Waals surface area contributed by atoms with E-state index < -0.39 is 22.2 Å². The fourth-order valence-electron chi connectivity index (χ4n) is 4.46. The van der Waals surface area contributed by atoms with Crippen molar-refractivity contribution in [3.63, 3.8) is 0 Å². The SMILES string of the molecule is COc1ccc(S(=O)(=O)N(C)C[C@H]2Oc3ncc(/C=C/c4ccccc4)cc3C(=O)N([C@H](C)CO)C[C@@H]2C)cc1. The predicted octanol–water partition coefficient (Wildman–Crippen LogP) is 3.80. The highest BCUT2D eigenvalue weighted by molar-refractivity contribution is 7.89. The fraction of sp³-hybridized carbons (Fsp3) is 0.333. The number of ether oxygens (including phenoxy) is 2. The minimum absolute atomic E-state index is 0.0296. The molecule has 4 rings (SSSR count). The summed E-state index contributed by atoms with van der Waals surface area (Å²) in [7, 11) is -0.807. The van der Waals surface area contributed by atoms with Gasteiger partial charge < -0.3 is 19.5 Å². The Morgan fingerprint density at radius 2 is 1.82 bits per heavy atom. The number of sulfonamides is 1. The standard InChI is InChI=1S/C30H35N3O6S/c1-21-18-33(22(2)20-34)30(35)27-16-24(11-10-23-8-6-5-7-9-23)17-31-29(27)39-28(21)19-32(3)40(36,37)26-14-12-25(38-4)13-15-26/h5-17,21-22,28,34H,18-20H2,1-4H3/b11-10+/t21-,22+,28+/m0/s1. The molecule has 0 saturated heterocycles. The summed E-state index contributed by atoms with van der Waals surface area (Å²) < 4.78 is 39.3. The number of rotatable bonds is 9. The summed E-state index contributed by atoms with van der Waals surface area (Å²) in [6, 6.07) is 17.2. The summed E-state index contributed by atoms with van der Waals surface area (Å²) in [5, 5.41) is 9.90. The number of hydrogen-bond donors (Lipinski definition) is 1. The van der Waals surface area contributed by atoms with Crippen molar-refractivity contribution < 1.29 is 27.8 Å². The highest BCUT2D eigenvalue weighted by Gasteiger charge is 2.35. The second-order valence-corrected chi connectivity index (χ2v) is 12.0. The average molecular weight is 566 g/mol. The van der Waals surface area contributed by atoms with Gasteiger partial charge in [-0.05, 0) is 48.4 Å². The van der Waals surface area contributed by atoms with Gasteiger partial charge in [0.2, 0.25) is 15.9 Å². The highest BCUT2D eigenvalue weighted by atomic mass is 32.2. The zero-order chi connectivity index (χ0) is 28.9. The summed E-state index contributed by atoms with van der Waals surface area (Å²) in [6.45, 7) is 3.75. The smallest absolute Gasteiger partial charge is 0.259 e. The lowest BCUT2D eigenvalue weighted by atomic mass is 10.00. The van der Waals surface area contributed by atoms with Gasteiger partial charge in [-0.2, -0.15) is 4.31 Å². The number of methoxy groups -OCH3 is 1. The van der Waals surface area contributed by atoms with Crippen LogP contribution in [0.2, 0.25) is 0 Å². The molecule has 0 fully saturated rings. The van der Waals surface area contributed by atoms with Crippen LogP contribution in [0.3, 0.4) is 0 Å². The maximum Gasteiger partial charge on any atom is 0.259 e. The first-order valence-corrected chi connectivity index (χ1v) is 14.5. The molecule has 3 atom stereocenters. The van der Waals surface area contributed by atoms with Gasteiger partial charge in [-0.3, -0.25) is 4.79 Å². The van der Waals surface area contributed by atoms with E-state index >= 15 is 0 Å². The topological polar surface area (TPSA) is 109 Å². The first-order chi connectivity index (χ1) is 19.1. The predicted molar refractivity (Wildman–Crippen MR) is 154 cm³/mol. The van der Waals surface area contributed by atoms with E-state index in [1.807, 2.05) is 49.4 Å². The van der Waals surface area contributed by atoms with Gasteiger partial charge in [0.25, 0.3) is 5.91 Å². The number of likely N-dealkylation sites (N-methyl/N-ethyl adjacent to an activating group) is 1. The first kappa shape index (κ1) is 29.3. The number of carbonyl (C=O) groups excluding carboxylic acids is 1. The van der Waals surface area contributed by atoms with E-state index in [2.05, 4.69) is 4.98 Å². The maximum atomic E-state index is 13.6. The number of amides is 1. The van der Waals surface area contributed by atoms with Crippen LogP contribution in [-0.2, 0) is 10.0 Å². The molecule has 9 nitrogen and oxygen atoms in total. The number of aliphatic hydroxyl groups excluding tert-OH is 1. The molecule has 1 aliphatic rings. The fourth-order valence-corrected chi connectivity index (χ4v) is 5.65. The molecule has 212 valence electrons. The van der Waals surface area contributed by atoms with E-state index in [4.69, 9.17) is 9.47 Å². The van der Waals surface area contributed by atoms with Crippen LogP contribution in [0.4, 0.5) is 0 Å². The Morgan fingerprint density at radius 1 is 1.15 bits per heavy atom. The molecule has 0 saturated carbocycles. The highest BCUT2D eigenvalue weighted by Crippen LogP contribution is 2.29. The Bertz CT molecular complexity index is 1440. The van der Waals surface area contributed by atoms with Crippen molar-refractivity contribution in [2.75, 3.05) is 33.9 Å². The molecule has 0 spiro atoms. The lowest BCUT2D eigenvalue weighted by Crippen LogP contribution is -2.50. The second-order valence-electron chi connectivity index (χ2n) is 9.95. The summed E-state index contributed by atoms with van der Waals surface area (Å²) in [5.74, 6) is 0.119. The average Bonchev–Trinajstić information content (AvgIpc) is 2.98. The molecule has 0 bridgehead atoms. The third-order valence-electron chi connectivity index (χ3n) is 7.01. The monoisotopic (exact) mass is 565 g/mol. The van der Waals surface area contributed by atoms with Gasteiger partial charge >= 0.3 is 0 Å². The number of hydrogen-bond acceptors (Lipinski definition) is 7. The molecule has 0 radical (unpaired) electrons. The van der Waals surface area contributed by atoms with E-state index in [-0.39, 0.29) is 47.9 Å². The first-order valence-electron chi connectivity index (χ1n) is 13.1. The molecule has 0 unspecified atom stereocenters. The molecule has 1 amide bonds. The van der Waals surface area contributed by atoms with Crippen LogP contribution >= 0.6 is 0 Å². The van der Waals surface area contributed by atoms with Crippen LogP contribution in [0, 0.1) is 5.92 Å². The Labute approximate surface area is 235 Å². The Kier molecular flexibility index (Phi) is 9.24. The van der Waals surface area contributed by atoms with Crippen LogP contribution < -0.4 is 9.47 Å². The number of carbonyl (C=O) groups is 1. The van der Waals surface area contributed by atoms with Crippen molar-refractivity contribution in [2.45, 2.75) is 30.9 Å². The molecule has 1 aromatic heterocycles. The number of aromatic nitrogens is 1. The van der Waals surface area contributed by atoms with Crippen molar-refractivity contribution in [1.29, 1.82) is 0 Å². The molecule has 2 aromatic carbocycles. The Hall–Kier alpha value is -3.73. The van der Waals surface area contributed by atoms with Crippen molar-refractivity contribution in [1.82, 2.24) is 14.2 Å². The molecule has 0 aliphatic carbocycles. The van der Waals surface area contributed by atoms with E-state index in [0.717, 1.165) is 5.56 Å². The third kappa shape index (κ3) is 6.52. The Morgan fingerprint density at radius 3 is 2.48 bits per heavy atom. The quantitative estimate of drug-likeness (QED) is 0.420. The molecule has 10 heteroatoms. The van der Waals surface area contributed by atoms with E-state index in [0.29, 0.717) is 11.3 Å². The molecular formula is C30H35N3O6S. The number of fused-ring (bicyclic) bond motifs is 1. The van der Waals surface area contributed by atoms with Crippen LogP contribution in [0.1, 0.15) is 35.3 Å². The van der Waals surface area contributed by atoms with Gasteiger partial charge in [0.1, 0.15) is 17.4 Å². The van der Waals surface area contributed by atoms with Crippen LogP contribution in [-0.4, -0.2) is 79.6 Å². The largest absolute Gasteiger partial charge is 0.497 e. The van der Waals surface area contributed by atoms with Crippen molar-refractivity contribution in [3.8, 4) is 11.6 Å². The Balaban J connectivity index is 1.65. The molecule has 1 N–H and O–H groups in total. The van der Waals surface area contributed by atoms with Crippen molar-refractivity contribution in [3.05, 3.63) is 83.6 Å². The van der Waals surface area contributed by atoms with Crippen molar-refractivity contribution in [2.24, 2.45) is 5.92 Å². The molecular weight excluding hydrogens is 530 g/mol. The lowest BCUT2D eigenvalue weighted by Gasteiger charge is -2.37. The van der Waals surface area contributed by atoms with Crippen LogP contribution in [0.15, 0.2) is 71.8 Å². The molecule has 40 heavy (non-hydrogen) atoms. The van der Waals surface area contributed by atoms with Crippen LogP contribution in [0.25, 0.3) is 12.2 Å². The van der Waals surface area contributed by atoms with E-state index in [1.54, 1.807) is 36.2 Å². The van der Waals surface area contributed by atoms with Gasteiger partial charge in [0.15, 0.2) is 0 Å². The summed E-state index contributed by atoms with van der Waals surface area (Å²) in [6.07, 6.45) is 4.79. The molecule has 1 aliphatic heterocycles. The summed E-state index contributed by atoms with van der Waals surface area (Å²) in [5.41, 5.74) is 1.97. The van der Waals surface area contributed by atoms with Gasteiger partial charge in [0.05, 0.1) is 31.2 Å². The minimum Gasteiger partial charge on any atom is -0.497 e. The number of pyridine rings is 1. The number of aliphatic hydroxyl groups is 1. The van der Waals surface area contributed by atoms with E-state index in [1.165, 1.54) is 30.6 Å². The third-order valence-corrected chi connectivity index (χ3v) is 8.85. The van der Waals surface area contributed by atoms with E-state index in [9.17, 15) is 18.3 Å². The number of nitrogens with zero attached hydrogens (tertiary/aromatic N) is 3. The number of benzene rings is 2. The van der Waals surface area contributed by atoms with Gasteiger partial charge in [-0.25, -0.2) is 13.4 Å². The van der Waals surface area contributed by atoms with Gasteiger partial charge in [-0.1, -0.05) is 49.4 Å². The normalized spacial score (nSPS) is 18.6. The van der Waals surface area contributed by atoms with Crippen molar-refractivity contribution >= 4 is 28.1 Å². The maximum absolute atomic E-state index is 13.6. The zero-order valence-electron chi connectivity index (χ0n) is 23.1. The van der Waals surface area contributed by atoms with Gasteiger partial charge in [-0.15, -0.1) is 0 Å². The lowest BCUT2D eigenvalue weighted by molar-refractivity contribution is 0.0373. The van der Waals surface area contributed by atoms with Crippen LogP contribution in [0.5, 0.6) is 11.6 Å². The molecule has 3 aromatic rings. The zero-order valence-corrected chi connectivity index (χ0v) is 23.9. The van der Waals surface area contributed by atoms with Gasteiger partial charge in [0, 0.05) is 25.7 Å². The summed E-state index contributed by atoms with van der Waals surface area (Å²) in [4.78, 5) is 19.8.